The molecule has 2 rings (SSSR count). The molecule has 1 saturated heterocycles. The normalized spacial score (nSPS) is 27.1. The quantitative estimate of drug-likeness (QED) is 0.628. The van der Waals surface area contributed by atoms with E-state index in [9.17, 15) is 4.79 Å². The Balaban J connectivity index is 1.79. The van der Waals surface area contributed by atoms with Gasteiger partial charge < -0.3 is 10.1 Å². The fourth-order valence-electron chi connectivity index (χ4n) is 3.42. The van der Waals surface area contributed by atoms with E-state index in [-0.39, 0.29) is 5.92 Å². The molecule has 0 aromatic rings. The number of carbonyl (C=O) groups is 1. The van der Waals surface area contributed by atoms with E-state index < -0.39 is 0 Å². The molecule has 4 heteroatoms. The second-order valence-corrected chi connectivity index (χ2v) is 5.98. The third-order valence-electron chi connectivity index (χ3n) is 4.77. The van der Waals surface area contributed by atoms with Gasteiger partial charge in [-0.05, 0) is 18.8 Å². The number of hydrogen-bond donors (Lipinski definition) is 1. The van der Waals surface area contributed by atoms with Crippen molar-refractivity contribution in [1.29, 1.82) is 0 Å². The van der Waals surface area contributed by atoms with Crippen molar-refractivity contribution < 1.29 is 10.0 Å². The van der Waals surface area contributed by atoms with Crippen molar-refractivity contribution in [1.82, 2.24) is 4.90 Å². The summed E-state index contributed by atoms with van der Waals surface area (Å²) in [5, 5.41) is 12.3. The van der Waals surface area contributed by atoms with Crippen molar-refractivity contribution in [2.45, 2.75) is 58.3 Å². The number of likely N-dealkylation sites (tertiary alicyclic amines) is 1. The molecule has 1 atom stereocenters. The molecular formula is C15H26N2O2. The molecule has 108 valence electrons. The molecule has 4 nitrogen and oxygen atoms in total. The Hall–Kier alpha value is -1.06. The van der Waals surface area contributed by atoms with Gasteiger partial charge in [0.25, 0.3) is 0 Å². The zero-order chi connectivity index (χ0) is 13.7. The highest BCUT2D eigenvalue weighted by molar-refractivity contribution is 5.89. The van der Waals surface area contributed by atoms with Gasteiger partial charge in [0, 0.05) is 31.8 Å². The van der Waals surface area contributed by atoms with Crippen LogP contribution in [0.25, 0.3) is 0 Å². The largest absolute Gasteiger partial charge is 0.411 e. The summed E-state index contributed by atoms with van der Waals surface area (Å²) in [6.45, 7) is 3.54. The van der Waals surface area contributed by atoms with Crippen molar-refractivity contribution in [3.8, 4) is 0 Å². The molecule has 1 aliphatic heterocycles. The lowest BCUT2D eigenvalue weighted by Crippen LogP contribution is -2.44. The average Bonchev–Trinajstić information content (AvgIpc) is 2.97. The Bertz CT molecular complexity index is 335. The first kappa shape index (κ1) is 14.4. The lowest BCUT2D eigenvalue weighted by molar-refractivity contribution is -0.132. The van der Waals surface area contributed by atoms with E-state index in [0.29, 0.717) is 12.3 Å². The van der Waals surface area contributed by atoms with Crippen LogP contribution in [-0.2, 0) is 4.79 Å². The minimum absolute atomic E-state index is 0.245. The highest BCUT2D eigenvalue weighted by Crippen LogP contribution is 2.29. The number of oxime groups is 1. The van der Waals surface area contributed by atoms with E-state index in [1.54, 1.807) is 0 Å². The van der Waals surface area contributed by atoms with Gasteiger partial charge in [-0.1, -0.05) is 37.8 Å². The highest BCUT2D eigenvalue weighted by Gasteiger charge is 2.28. The summed E-state index contributed by atoms with van der Waals surface area (Å²) < 4.78 is 0. The molecule has 2 aliphatic rings. The van der Waals surface area contributed by atoms with Gasteiger partial charge in [-0.3, -0.25) is 4.79 Å². The van der Waals surface area contributed by atoms with Crippen LogP contribution in [0.5, 0.6) is 0 Å². The van der Waals surface area contributed by atoms with E-state index in [2.05, 4.69) is 12.1 Å². The molecule has 0 aromatic carbocycles. The number of nitrogens with zero attached hydrogens (tertiary/aromatic N) is 2. The van der Waals surface area contributed by atoms with E-state index in [1.165, 1.54) is 25.7 Å². The molecular weight excluding hydrogens is 240 g/mol. The fraction of sp³-hybridized carbons (Fsp3) is 0.867. The third-order valence-corrected chi connectivity index (χ3v) is 4.77. The summed E-state index contributed by atoms with van der Waals surface area (Å²) in [6, 6.07) is 0. The molecule has 0 bridgehead atoms. The second-order valence-electron chi connectivity index (χ2n) is 5.98. The van der Waals surface area contributed by atoms with Crippen LogP contribution < -0.4 is 0 Å². The standard InChI is InChI=1S/C15H26N2O2/c1-2-13-11-17(10-9-14(13)16-19)15(18)8-7-12-5-3-4-6-12/h12-13,19H,2-11H2,1H3. The van der Waals surface area contributed by atoms with Crippen molar-refractivity contribution in [2.75, 3.05) is 13.1 Å². The van der Waals surface area contributed by atoms with Crippen molar-refractivity contribution in [2.24, 2.45) is 17.0 Å². The van der Waals surface area contributed by atoms with Gasteiger partial charge in [0.15, 0.2) is 0 Å². The fourth-order valence-corrected chi connectivity index (χ4v) is 3.42. The summed E-state index contributed by atoms with van der Waals surface area (Å²) in [4.78, 5) is 14.2. The zero-order valence-electron chi connectivity index (χ0n) is 12.0. The van der Waals surface area contributed by atoms with Gasteiger partial charge in [0.05, 0.1) is 5.71 Å². The van der Waals surface area contributed by atoms with Crippen LogP contribution in [-0.4, -0.2) is 34.8 Å². The van der Waals surface area contributed by atoms with Gasteiger partial charge in [-0.25, -0.2) is 0 Å². The number of amides is 1. The third kappa shape index (κ3) is 3.71. The SMILES string of the molecule is CCC1CN(C(=O)CCC2CCCC2)CCC1=NO. The number of carbonyl (C=O) groups excluding carboxylic acids is 1. The smallest absolute Gasteiger partial charge is 0.222 e. The van der Waals surface area contributed by atoms with Gasteiger partial charge >= 0.3 is 0 Å². The van der Waals surface area contributed by atoms with Crippen LogP contribution in [0.3, 0.4) is 0 Å². The molecule has 2 fully saturated rings. The van der Waals surface area contributed by atoms with Crippen LogP contribution in [0.4, 0.5) is 0 Å². The van der Waals surface area contributed by atoms with Crippen LogP contribution in [0.2, 0.25) is 0 Å². The Kier molecular flexibility index (Phi) is 5.23. The minimum Gasteiger partial charge on any atom is -0.411 e. The zero-order valence-corrected chi connectivity index (χ0v) is 12.0. The van der Waals surface area contributed by atoms with E-state index in [0.717, 1.165) is 44.0 Å². The molecule has 1 unspecified atom stereocenters. The van der Waals surface area contributed by atoms with Crippen LogP contribution in [0.1, 0.15) is 58.3 Å². The molecule has 1 N–H and O–H groups in total. The van der Waals surface area contributed by atoms with E-state index in [1.807, 2.05) is 4.90 Å². The lowest BCUT2D eigenvalue weighted by atomic mass is 9.92. The maximum absolute atomic E-state index is 12.2. The first-order valence-corrected chi connectivity index (χ1v) is 7.73. The molecule has 0 radical (unpaired) electrons. The van der Waals surface area contributed by atoms with Crippen LogP contribution in [0.15, 0.2) is 5.16 Å². The molecule has 1 aliphatic carbocycles. The monoisotopic (exact) mass is 266 g/mol. The Morgan fingerprint density at radius 1 is 1.42 bits per heavy atom. The molecule has 1 heterocycles. The molecule has 1 amide bonds. The van der Waals surface area contributed by atoms with E-state index >= 15 is 0 Å². The summed E-state index contributed by atoms with van der Waals surface area (Å²) >= 11 is 0. The Morgan fingerprint density at radius 3 is 2.79 bits per heavy atom. The van der Waals surface area contributed by atoms with Crippen molar-refractivity contribution in [3.05, 3.63) is 0 Å². The minimum atomic E-state index is 0.245. The maximum atomic E-state index is 12.2. The number of piperidine rings is 1. The van der Waals surface area contributed by atoms with Gasteiger partial charge in [0.2, 0.25) is 5.91 Å². The predicted molar refractivity (Wildman–Crippen MR) is 75.4 cm³/mol. The Morgan fingerprint density at radius 2 is 2.16 bits per heavy atom. The highest BCUT2D eigenvalue weighted by atomic mass is 16.4. The summed E-state index contributed by atoms with van der Waals surface area (Å²) in [5.41, 5.74) is 0.863. The van der Waals surface area contributed by atoms with Crippen molar-refractivity contribution >= 4 is 11.6 Å². The Labute approximate surface area is 115 Å². The van der Waals surface area contributed by atoms with Crippen LogP contribution >= 0.6 is 0 Å². The van der Waals surface area contributed by atoms with Crippen LogP contribution in [0, 0.1) is 11.8 Å². The summed E-state index contributed by atoms with van der Waals surface area (Å²) in [6.07, 6.45) is 8.74. The van der Waals surface area contributed by atoms with E-state index in [4.69, 9.17) is 5.21 Å². The van der Waals surface area contributed by atoms with Gasteiger partial charge in [-0.15, -0.1) is 0 Å². The predicted octanol–water partition coefficient (Wildman–Crippen LogP) is 3.05. The maximum Gasteiger partial charge on any atom is 0.222 e. The lowest BCUT2D eigenvalue weighted by Gasteiger charge is -2.33. The molecule has 0 spiro atoms. The first-order valence-electron chi connectivity index (χ1n) is 7.73. The van der Waals surface area contributed by atoms with Gasteiger partial charge in [0.1, 0.15) is 0 Å². The first-order chi connectivity index (χ1) is 9.24. The average molecular weight is 266 g/mol. The van der Waals surface area contributed by atoms with Gasteiger partial charge in [-0.2, -0.15) is 0 Å². The molecule has 1 saturated carbocycles. The number of rotatable bonds is 4. The summed E-state index contributed by atoms with van der Waals surface area (Å²) in [7, 11) is 0. The summed E-state index contributed by atoms with van der Waals surface area (Å²) in [5.74, 6) is 1.32. The second kappa shape index (κ2) is 6.92. The van der Waals surface area contributed by atoms with Crippen molar-refractivity contribution in [3.63, 3.8) is 0 Å². The topological polar surface area (TPSA) is 52.9 Å². The molecule has 0 aromatic heterocycles. The number of hydrogen-bond acceptors (Lipinski definition) is 3. The molecule has 19 heavy (non-hydrogen) atoms.